The fourth-order valence-corrected chi connectivity index (χ4v) is 3.65. The number of pyridine rings is 1. The minimum atomic E-state index is -4.79. The lowest BCUT2D eigenvalue weighted by Crippen LogP contribution is -2.40. The molecule has 6 nitrogen and oxygen atoms in total. The molecule has 10 heteroatoms. The first-order chi connectivity index (χ1) is 12.7. The zero-order valence-corrected chi connectivity index (χ0v) is 15.4. The van der Waals surface area contributed by atoms with Gasteiger partial charge in [0.1, 0.15) is 17.1 Å². The van der Waals surface area contributed by atoms with Gasteiger partial charge in [-0.05, 0) is 19.8 Å². The Labute approximate surface area is 158 Å². The first-order valence-electron chi connectivity index (χ1n) is 8.34. The largest absolute Gasteiger partial charge is 0.434 e. The van der Waals surface area contributed by atoms with Crippen LogP contribution in [-0.2, 0) is 11.0 Å². The van der Waals surface area contributed by atoms with Gasteiger partial charge in [0.05, 0.1) is 16.2 Å². The number of piperidine rings is 1. The summed E-state index contributed by atoms with van der Waals surface area (Å²) < 4.78 is 40.6. The van der Waals surface area contributed by atoms with E-state index in [1.165, 1.54) is 0 Å². The van der Waals surface area contributed by atoms with Crippen LogP contribution in [0.5, 0.6) is 0 Å². The highest BCUT2D eigenvalue weighted by Crippen LogP contribution is 2.42. The minimum Gasteiger partial charge on any atom is -0.369 e. The zero-order chi connectivity index (χ0) is 19.9. The molecule has 0 saturated carbocycles. The maximum Gasteiger partial charge on any atom is 0.434 e. The number of H-pyrrole nitrogens is 1. The van der Waals surface area contributed by atoms with Crippen LogP contribution < -0.4 is 10.2 Å². The number of nitriles is 1. The van der Waals surface area contributed by atoms with Gasteiger partial charge in [0.15, 0.2) is 5.69 Å². The van der Waals surface area contributed by atoms with E-state index in [2.05, 4.69) is 15.3 Å². The molecule has 1 aliphatic rings. The predicted octanol–water partition coefficient (Wildman–Crippen LogP) is 3.38. The van der Waals surface area contributed by atoms with Crippen LogP contribution in [0.1, 0.15) is 29.8 Å². The van der Waals surface area contributed by atoms with Crippen LogP contribution in [-0.4, -0.2) is 36.0 Å². The van der Waals surface area contributed by atoms with Crippen LogP contribution in [0.4, 0.5) is 18.9 Å². The lowest BCUT2D eigenvalue weighted by Gasteiger charge is -2.34. The molecule has 2 aromatic heterocycles. The molecule has 0 aromatic carbocycles. The Bertz CT molecular complexity index is 939. The van der Waals surface area contributed by atoms with Crippen LogP contribution in [0.25, 0.3) is 11.0 Å². The summed E-state index contributed by atoms with van der Waals surface area (Å²) in [5.74, 6) is -0.296. The summed E-state index contributed by atoms with van der Waals surface area (Å²) in [6.45, 7) is 2.32. The Balaban J connectivity index is 2.15. The number of hydrogen-bond donors (Lipinski definition) is 2. The van der Waals surface area contributed by atoms with Crippen LogP contribution >= 0.6 is 11.6 Å². The number of fused-ring (bicyclic) bond motifs is 1. The Morgan fingerprint density at radius 1 is 1.41 bits per heavy atom. The lowest BCUT2D eigenvalue weighted by molar-refractivity contribution is -0.141. The summed E-state index contributed by atoms with van der Waals surface area (Å²) in [4.78, 5) is 20.1. The Hall–Kier alpha value is -2.47. The van der Waals surface area contributed by atoms with E-state index in [1.807, 2.05) is 0 Å². The number of alkyl halides is 3. The third-order valence-electron chi connectivity index (χ3n) is 4.83. The van der Waals surface area contributed by atoms with E-state index in [0.717, 1.165) is 0 Å². The number of aromatic amines is 1. The summed E-state index contributed by atoms with van der Waals surface area (Å²) in [5.41, 5.74) is -0.874. The summed E-state index contributed by atoms with van der Waals surface area (Å²) in [6, 6.07) is 1.67. The van der Waals surface area contributed by atoms with Crippen molar-refractivity contribution in [2.45, 2.75) is 25.9 Å². The number of carbonyl (C=O) groups is 1. The number of nitrogens with zero attached hydrogens (tertiary/aromatic N) is 3. The molecule has 0 atom stereocenters. The third-order valence-corrected chi connectivity index (χ3v) is 5.29. The second kappa shape index (κ2) is 6.93. The van der Waals surface area contributed by atoms with Crippen molar-refractivity contribution in [3.63, 3.8) is 0 Å². The maximum absolute atomic E-state index is 13.5. The number of halogens is 4. The SMILES string of the molecule is CNC(=O)C1CCN(c2c(C#N)c(C(F)(F)F)nc3c(Cl)c(C)[nH]c23)CC1. The molecule has 2 N–H and O–H groups in total. The molecule has 0 bridgehead atoms. The Kier molecular flexibility index (Phi) is 4.95. The quantitative estimate of drug-likeness (QED) is 0.810. The number of anilines is 1. The van der Waals surface area contributed by atoms with Gasteiger partial charge in [-0.3, -0.25) is 4.79 Å². The van der Waals surface area contributed by atoms with Crippen molar-refractivity contribution in [2.75, 3.05) is 25.0 Å². The van der Waals surface area contributed by atoms with E-state index in [1.54, 1.807) is 24.9 Å². The molecular formula is C17H17ClF3N5O. The predicted molar refractivity (Wildman–Crippen MR) is 94.6 cm³/mol. The van der Waals surface area contributed by atoms with Gasteiger partial charge in [-0.2, -0.15) is 18.4 Å². The van der Waals surface area contributed by atoms with Crippen molar-refractivity contribution in [3.8, 4) is 6.07 Å². The standard InChI is InChI=1S/C17H17ClF3N5O/c1-8-11(18)12-13(24-8)14(10(7-22)15(25-12)17(19,20)21)26-5-3-9(4-6-26)16(27)23-2/h9,24H,3-6H2,1-2H3,(H,23,27). The van der Waals surface area contributed by atoms with Gasteiger partial charge in [-0.25, -0.2) is 4.98 Å². The van der Waals surface area contributed by atoms with Crippen molar-refractivity contribution < 1.29 is 18.0 Å². The zero-order valence-electron chi connectivity index (χ0n) is 14.7. The Morgan fingerprint density at radius 2 is 2.04 bits per heavy atom. The molecule has 1 saturated heterocycles. The summed E-state index contributed by atoms with van der Waals surface area (Å²) in [7, 11) is 1.55. The molecule has 2 aromatic rings. The number of hydrogen-bond acceptors (Lipinski definition) is 4. The van der Waals surface area contributed by atoms with Gasteiger partial charge in [0, 0.05) is 31.7 Å². The third kappa shape index (κ3) is 3.30. The minimum absolute atomic E-state index is 0.0103. The Morgan fingerprint density at radius 3 is 2.56 bits per heavy atom. The van der Waals surface area contributed by atoms with Crippen molar-refractivity contribution in [3.05, 3.63) is 22.0 Å². The van der Waals surface area contributed by atoms with Crippen molar-refractivity contribution in [1.82, 2.24) is 15.3 Å². The molecule has 3 heterocycles. The molecular weight excluding hydrogens is 383 g/mol. The highest BCUT2D eigenvalue weighted by Gasteiger charge is 2.40. The number of aromatic nitrogens is 2. The van der Waals surface area contributed by atoms with E-state index < -0.39 is 17.4 Å². The average molecular weight is 400 g/mol. The molecule has 0 radical (unpaired) electrons. The smallest absolute Gasteiger partial charge is 0.369 e. The van der Waals surface area contributed by atoms with E-state index >= 15 is 0 Å². The van der Waals surface area contributed by atoms with E-state index in [0.29, 0.717) is 37.1 Å². The molecule has 1 amide bonds. The van der Waals surface area contributed by atoms with E-state index in [4.69, 9.17) is 11.6 Å². The fraction of sp³-hybridized carbons (Fsp3) is 0.471. The first kappa shape index (κ1) is 19.3. The molecule has 1 aliphatic heterocycles. The van der Waals surface area contributed by atoms with Crippen molar-refractivity contribution in [2.24, 2.45) is 5.92 Å². The van der Waals surface area contributed by atoms with Crippen LogP contribution in [0, 0.1) is 24.2 Å². The molecule has 0 aliphatic carbocycles. The average Bonchev–Trinajstić information content (AvgIpc) is 2.93. The van der Waals surface area contributed by atoms with Gasteiger partial charge in [0.25, 0.3) is 0 Å². The van der Waals surface area contributed by atoms with Crippen LogP contribution in [0.2, 0.25) is 5.02 Å². The number of amides is 1. The van der Waals surface area contributed by atoms with Gasteiger partial charge in [-0.1, -0.05) is 11.6 Å². The van der Waals surface area contributed by atoms with E-state index in [9.17, 15) is 23.2 Å². The maximum atomic E-state index is 13.5. The second-order valence-corrected chi connectivity index (χ2v) is 6.83. The number of nitrogens with one attached hydrogen (secondary N) is 2. The normalized spacial score (nSPS) is 15.8. The summed E-state index contributed by atoms with van der Waals surface area (Å²) >= 11 is 6.14. The number of carbonyl (C=O) groups excluding carboxylic acids is 1. The molecule has 0 unspecified atom stereocenters. The first-order valence-corrected chi connectivity index (χ1v) is 8.72. The molecule has 3 rings (SSSR count). The monoisotopic (exact) mass is 399 g/mol. The number of aryl methyl sites for hydroxylation is 1. The van der Waals surface area contributed by atoms with Crippen molar-refractivity contribution >= 4 is 34.2 Å². The van der Waals surface area contributed by atoms with Gasteiger partial charge in [-0.15, -0.1) is 0 Å². The fourth-order valence-electron chi connectivity index (χ4n) is 3.47. The topological polar surface area (TPSA) is 84.8 Å². The van der Waals surface area contributed by atoms with Gasteiger partial charge in [0.2, 0.25) is 5.91 Å². The molecule has 1 fully saturated rings. The lowest BCUT2D eigenvalue weighted by atomic mass is 9.95. The molecule has 0 spiro atoms. The highest BCUT2D eigenvalue weighted by atomic mass is 35.5. The van der Waals surface area contributed by atoms with Crippen LogP contribution in [0.3, 0.4) is 0 Å². The van der Waals surface area contributed by atoms with Gasteiger partial charge >= 0.3 is 6.18 Å². The van der Waals surface area contributed by atoms with Crippen molar-refractivity contribution in [1.29, 1.82) is 5.26 Å². The summed E-state index contributed by atoms with van der Waals surface area (Å²) in [5, 5.41) is 12.2. The highest BCUT2D eigenvalue weighted by molar-refractivity contribution is 6.36. The number of rotatable bonds is 2. The summed E-state index contributed by atoms with van der Waals surface area (Å²) in [6.07, 6.45) is -3.84. The molecule has 144 valence electrons. The van der Waals surface area contributed by atoms with Gasteiger partial charge < -0.3 is 15.2 Å². The van der Waals surface area contributed by atoms with Crippen LogP contribution in [0.15, 0.2) is 0 Å². The van der Waals surface area contributed by atoms with E-state index in [-0.39, 0.29) is 28.1 Å². The second-order valence-electron chi connectivity index (χ2n) is 6.46. The molecule has 27 heavy (non-hydrogen) atoms.